The van der Waals surface area contributed by atoms with E-state index >= 15 is 0 Å². The number of hydrogen-bond acceptors (Lipinski definition) is 3. The third kappa shape index (κ3) is 3.95. The van der Waals surface area contributed by atoms with Crippen LogP contribution in [0.1, 0.15) is 12.5 Å². The second-order valence-electron chi connectivity index (χ2n) is 5.43. The molecule has 0 radical (unpaired) electrons. The van der Waals surface area contributed by atoms with Gasteiger partial charge in [0.2, 0.25) is 5.91 Å². The van der Waals surface area contributed by atoms with Crippen molar-refractivity contribution in [3.63, 3.8) is 0 Å². The molecule has 0 unspecified atom stereocenters. The highest BCUT2D eigenvalue weighted by molar-refractivity contribution is 6.42. The lowest BCUT2D eigenvalue weighted by Crippen LogP contribution is -2.34. The van der Waals surface area contributed by atoms with Crippen molar-refractivity contribution in [1.82, 2.24) is 0 Å². The van der Waals surface area contributed by atoms with Crippen LogP contribution < -0.4 is 15.4 Å². The van der Waals surface area contributed by atoms with Gasteiger partial charge >= 0.3 is 0 Å². The van der Waals surface area contributed by atoms with Gasteiger partial charge in [-0.25, -0.2) is 0 Å². The summed E-state index contributed by atoms with van der Waals surface area (Å²) >= 11 is 12.0. The second-order valence-corrected chi connectivity index (χ2v) is 6.21. The Morgan fingerprint density at radius 3 is 2.88 bits per heavy atom. The van der Waals surface area contributed by atoms with Gasteiger partial charge in [0.25, 0.3) is 5.91 Å². The third-order valence-electron chi connectivity index (χ3n) is 3.57. The average molecular weight is 377 g/mol. The van der Waals surface area contributed by atoms with Crippen LogP contribution in [0.25, 0.3) is 6.08 Å². The third-order valence-corrected chi connectivity index (χ3v) is 4.41. The summed E-state index contributed by atoms with van der Waals surface area (Å²) in [5.41, 5.74) is 1.69. The molecule has 0 aromatic heterocycles. The van der Waals surface area contributed by atoms with Crippen molar-refractivity contribution in [2.45, 2.75) is 13.0 Å². The van der Waals surface area contributed by atoms with Crippen LogP contribution in [0.5, 0.6) is 5.75 Å². The van der Waals surface area contributed by atoms with Crippen molar-refractivity contribution >= 4 is 52.5 Å². The van der Waals surface area contributed by atoms with E-state index in [2.05, 4.69) is 10.6 Å². The number of halogens is 2. The molecule has 1 atom stereocenters. The van der Waals surface area contributed by atoms with Crippen molar-refractivity contribution < 1.29 is 14.3 Å². The van der Waals surface area contributed by atoms with E-state index in [4.69, 9.17) is 27.9 Å². The van der Waals surface area contributed by atoms with Crippen LogP contribution in [0.4, 0.5) is 11.4 Å². The number of rotatable bonds is 3. The molecule has 0 spiro atoms. The van der Waals surface area contributed by atoms with Crippen molar-refractivity contribution in [1.29, 1.82) is 0 Å². The second kappa shape index (κ2) is 7.17. The van der Waals surface area contributed by atoms with E-state index in [-0.39, 0.29) is 11.8 Å². The summed E-state index contributed by atoms with van der Waals surface area (Å²) in [5, 5.41) is 6.25. The van der Waals surface area contributed by atoms with Crippen LogP contribution in [0.3, 0.4) is 0 Å². The molecule has 1 aliphatic rings. The van der Waals surface area contributed by atoms with Crippen LogP contribution >= 0.6 is 23.2 Å². The lowest BCUT2D eigenvalue weighted by atomic mass is 10.2. The lowest BCUT2D eigenvalue weighted by molar-refractivity contribution is -0.122. The quantitative estimate of drug-likeness (QED) is 0.781. The number of hydrogen-bond donors (Lipinski definition) is 2. The summed E-state index contributed by atoms with van der Waals surface area (Å²) in [6, 6.07) is 10.2. The van der Waals surface area contributed by atoms with Gasteiger partial charge in [0.15, 0.2) is 6.10 Å². The Labute approximate surface area is 154 Å². The average Bonchev–Trinajstić information content (AvgIpc) is 2.57. The Morgan fingerprint density at radius 2 is 2.08 bits per heavy atom. The van der Waals surface area contributed by atoms with Gasteiger partial charge in [-0.2, -0.15) is 0 Å². The maximum absolute atomic E-state index is 12.1. The maximum Gasteiger partial charge on any atom is 0.265 e. The molecule has 0 aliphatic carbocycles. The molecule has 25 heavy (non-hydrogen) atoms. The molecule has 0 saturated heterocycles. The fourth-order valence-corrected chi connectivity index (χ4v) is 2.66. The number of benzene rings is 2. The molecule has 1 aliphatic heterocycles. The summed E-state index contributed by atoms with van der Waals surface area (Å²) < 4.78 is 5.47. The Morgan fingerprint density at radius 1 is 1.28 bits per heavy atom. The van der Waals surface area contributed by atoms with Crippen LogP contribution in [-0.2, 0) is 9.59 Å². The first-order valence-corrected chi connectivity index (χ1v) is 8.24. The van der Waals surface area contributed by atoms with Crippen molar-refractivity contribution in [2.24, 2.45) is 0 Å². The molecule has 7 heteroatoms. The fourth-order valence-electron chi connectivity index (χ4n) is 2.29. The summed E-state index contributed by atoms with van der Waals surface area (Å²) in [6.07, 6.45) is 2.39. The molecule has 2 aromatic carbocycles. The number of ether oxygens (including phenoxy) is 1. The van der Waals surface area contributed by atoms with E-state index in [1.54, 1.807) is 49.4 Å². The van der Waals surface area contributed by atoms with Gasteiger partial charge in [-0.15, -0.1) is 0 Å². The number of nitrogens with one attached hydrogen (secondary N) is 2. The molecule has 0 saturated carbocycles. The highest BCUT2D eigenvalue weighted by Gasteiger charge is 2.23. The molecular weight excluding hydrogens is 363 g/mol. The van der Waals surface area contributed by atoms with E-state index < -0.39 is 6.10 Å². The zero-order valence-electron chi connectivity index (χ0n) is 13.2. The number of carbonyl (C=O) groups is 2. The molecule has 0 fully saturated rings. The minimum atomic E-state index is -0.543. The van der Waals surface area contributed by atoms with Gasteiger partial charge in [0.05, 0.1) is 15.7 Å². The summed E-state index contributed by atoms with van der Waals surface area (Å²) in [5.74, 6) is -0.00904. The zero-order valence-corrected chi connectivity index (χ0v) is 14.7. The molecule has 5 nitrogen and oxygen atoms in total. The van der Waals surface area contributed by atoms with Crippen LogP contribution in [0.15, 0.2) is 42.5 Å². The Kier molecular flexibility index (Phi) is 4.97. The normalized spacial score (nSPS) is 16.1. The largest absolute Gasteiger partial charge is 0.479 e. The van der Waals surface area contributed by atoms with Crippen LogP contribution in [-0.4, -0.2) is 17.9 Å². The first-order chi connectivity index (χ1) is 11.9. The Hall–Kier alpha value is -2.50. The lowest BCUT2D eigenvalue weighted by Gasteiger charge is -2.23. The molecule has 1 heterocycles. The van der Waals surface area contributed by atoms with E-state index in [0.29, 0.717) is 32.7 Å². The highest BCUT2D eigenvalue weighted by atomic mass is 35.5. The Balaban J connectivity index is 1.71. The maximum atomic E-state index is 12.1. The van der Waals surface area contributed by atoms with Crippen molar-refractivity contribution in [3.8, 4) is 5.75 Å². The first-order valence-electron chi connectivity index (χ1n) is 7.48. The summed E-state index contributed by atoms with van der Waals surface area (Å²) in [6.45, 7) is 1.67. The minimum absolute atomic E-state index is 0.230. The number of fused-ring (bicyclic) bond motifs is 1. The molecule has 0 bridgehead atoms. The number of anilines is 2. The van der Waals surface area contributed by atoms with E-state index in [1.807, 2.05) is 0 Å². The van der Waals surface area contributed by atoms with Crippen LogP contribution in [0, 0.1) is 0 Å². The van der Waals surface area contributed by atoms with Crippen molar-refractivity contribution in [3.05, 3.63) is 58.1 Å². The minimum Gasteiger partial charge on any atom is -0.479 e. The van der Waals surface area contributed by atoms with Gasteiger partial charge in [-0.1, -0.05) is 35.3 Å². The Bertz CT molecular complexity index is 881. The monoisotopic (exact) mass is 376 g/mol. The van der Waals surface area contributed by atoms with Gasteiger partial charge < -0.3 is 15.4 Å². The fraction of sp³-hybridized carbons (Fsp3) is 0.111. The standard InChI is InChI=1S/C18H14Cl2N2O3/c1-10-18(24)22-14-9-12(6-7-15(14)25-10)21-16(23)8-5-11-3-2-4-13(19)17(11)20/h2-10H,1H3,(H,21,23)(H,22,24)/b8-5+/t10-/m1/s1. The van der Waals surface area contributed by atoms with E-state index in [9.17, 15) is 9.59 Å². The molecule has 3 rings (SSSR count). The molecule has 2 aromatic rings. The topological polar surface area (TPSA) is 67.4 Å². The molecule has 128 valence electrons. The predicted octanol–water partition coefficient (Wildman–Crippen LogP) is 4.36. The first kappa shape index (κ1) is 17.3. The van der Waals surface area contributed by atoms with Crippen LogP contribution in [0.2, 0.25) is 10.0 Å². The molecule has 2 amide bonds. The zero-order chi connectivity index (χ0) is 18.0. The van der Waals surface area contributed by atoms with Gasteiger partial charge in [-0.3, -0.25) is 9.59 Å². The number of carbonyl (C=O) groups excluding carboxylic acids is 2. The SMILES string of the molecule is C[C@H]1Oc2ccc(NC(=O)/C=C/c3cccc(Cl)c3Cl)cc2NC1=O. The molecule has 2 N–H and O–H groups in total. The van der Waals surface area contributed by atoms with Gasteiger partial charge in [-0.05, 0) is 42.8 Å². The van der Waals surface area contributed by atoms with Gasteiger partial charge in [0.1, 0.15) is 5.75 Å². The smallest absolute Gasteiger partial charge is 0.265 e. The highest BCUT2D eigenvalue weighted by Crippen LogP contribution is 2.32. The van der Waals surface area contributed by atoms with Crippen molar-refractivity contribution in [2.75, 3.05) is 10.6 Å². The predicted molar refractivity (Wildman–Crippen MR) is 99.3 cm³/mol. The summed E-state index contributed by atoms with van der Waals surface area (Å²) in [4.78, 5) is 23.7. The molecular formula is C18H14Cl2N2O3. The summed E-state index contributed by atoms with van der Waals surface area (Å²) in [7, 11) is 0. The van der Waals surface area contributed by atoms with E-state index in [0.717, 1.165) is 0 Å². The van der Waals surface area contributed by atoms with Gasteiger partial charge in [0, 0.05) is 11.8 Å². The number of amides is 2. The van der Waals surface area contributed by atoms with E-state index in [1.165, 1.54) is 6.08 Å².